The maximum absolute atomic E-state index is 3.54. The molecule has 1 heterocycles. The van der Waals surface area contributed by atoms with E-state index in [2.05, 4.69) is 44.8 Å². The first kappa shape index (κ1) is 11.1. The van der Waals surface area contributed by atoms with Crippen LogP contribution < -0.4 is 0 Å². The zero-order chi connectivity index (χ0) is 8.97. The predicted molar refractivity (Wildman–Crippen MR) is 65.4 cm³/mol. The molecule has 0 N–H and O–H groups in total. The van der Waals surface area contributed by atoms with Gasteiger partial charge >= 0.3 is 0 Å². The Hall–Kier alpha value is 1.01. The first-order valence-corrected chi connectivity index (χ1v) is 7.20. The molecule has 0 aliphatic heterocycles. The van der Waals surface area contributed by atoms with Crippen molar-refractivity contribution < 1.29 is 0 Å². The molecule has 1 rings (SSSR count). The van der Waals surface area contributed by atoms with Crippen molar-refractivity contribution in [2.75, 3.05) is 5.75 Å². The van der Waals surface area contributed by atoms with Crippen LogP contribution in [-0.2, 0) is 0 Å². The molecular formula is C8H10Br2S2. The monoisotopic (exact) mass is 328 g/mol. The summed E-state index contributed by atoms with van der Waals surface area (Å²) in [5.41, 5.74) is 0. The van der Waals surface area contributed by atoms with Gasteiger partial charge in [-0.05, 0) is 50.1 Å². The van der Waals surface area contributed by atoms with E-state index >= 15 is 0 Å². The highest BCUT2D eigenvalue weighted by molar-refractivity contribution is 9.12. The van der Waals surface area contributed by atoms with Gasteiger partial charge in [-0.25, -0.2) is 0 Å². The Kier molecular flexibility index (Phi) is 5.25. The zero-order valence-electron chi connectivity index (χ0n) is 6.77. The molecule has 0 bridgehead atoms. The van der Waals surface area contributed by atoms with E-state index in [9.17, 15) is 0 Å². The molecule has 0 unspecified atom stereocenters. The van der Waals surface area contributed by atoms with E-state index in [0.29, 0.717) is 0 Å². The van der Waals surface area contributed by atoms with Crippen LogP contribution in [0.15, 0.2) is 18.5 Å². The molecule has 68 valence electrons. The number of thioether (sulfide) groups is 1. The van der Waals surface area contributed by atoms with Gasteiger partial charge in [-0.1, -0.05) is 13.3 Å². The average molecular weight is 330 g/mol. The standard InChI is InChI=1S/C8H10Br2S2/c1-2-3-4-11-6-5-7(9)12-8(6)10/h5H,2-4H2,1H3. The molecule has 1 aromatic heterocycles. The highest BCUT2D eigenvalue weighted by atomic mass is 79.9. The van der Waals surface area contributed by atoms with Gasteiger partial charge in [0.2, 0.25) is 0 Å². The van der Waals surface area contributed by atoms with Gasteiger partial charge in [0.05, 0.1) is 7.57 Å². The van der Waals surface area contributed by atoms with E-state index in [1.165, 1.54) is 31.1 Å². The fourth-order valence-corrected chi connectivity index (χ4v) is 5.10. The molecule has 0 saturated carbocycles. The Labute approximate surface area is 98.4 Å². The lowest BCUT2D eigenvalue weighted by atomic mass is 10.4. The van der Waals surface area contributed by atoms with E-state index in [4.69, 9.17) is 0 Å². The third-order valence-electron chi connectivity index (χ3n) is 1.38. The van der Waals surface area contributed by atoms with E-state index in [1.54, 1.807) is 11.3 Å². The number of unbranched alkanes of at least 4 members (excludes halogenated alkanes) is 1. The largest absolute Gasteiger partial charge is 0.124 e. The Bertz CT molecular complexity index is 245. The Morgan fingerprint density at radius 1 is 1.50 bits per heavy atom. The number of thiophene rings is 1. The van der Waals surface area contributed by atoms with Crippen LogP contribution in [0.5, 0.6) is 0 Å². The maximum Gasteiger partial charge on any atom is 0.0846 e. The zero-order valence-corrected chi connectivity index (χ0v) is 11.6. The summed E-state index contributed by atoms with van der Waals surface area (Å²) in [6.45, 7) is 2.22. The van der Waals surface area contributed by atoms with E-state index in [-0.39, 0.29) is 0 Å². The lowest BCUT2D eigenvalue weighted by molar-refractivity contribution is 0.896. The quantitative estimate of drug-likeness (QED) is 0.542. The highest BCUT2D eigenvalue weighted by Gasteiger charge is 2.04. The van der Waals surface area contributed by atoms with Crippen molar-refractivity contribution in [2.24, 2.45) is 0 Å². The van der Waals surface area contributed by atoms with Crippen LogP contribution in [0.2, 0.25) is 0 Å². The minimum atomic E-state index is 1.20. The first-order valence-electron chi connectivity index (χ1n) is 3.81. The SMILES string of the molecule is CCCCSc1cc(Br)sc1Br. The molecule has 12 heavy (non-hydrogen) atoms. The molecule has 0 aromatic carbocycles. The van der Waals surface area contributed by atoms with Crippen LogP contribution >= 0.6 is 55.0 Å². The average Bonchev–Trinajstić information content (AvgIpc) is 2.31. The second-order valence-electron chi connectivity index (χ2n) is 2.39. The summed E-state index contributed by atoms with van der Waals surface area (Å²) in [4.78, 5) is 1.36. The molecule has 0 radical (unpaired) electrons. The van der Waals surface area contributed by atoms with E-state index < -0.39 is 0 Å². The summed E-state index contributed by atoms with van der Waals surface area (Å²) in [5.74, 6) is 1.22. The van der Waals surface area contributed by atoms with Crippen LogP contribution in [0.25, 0.3) is 0 Å². The molecule has 0 atom stereocenters. The Balaban J connectivity index is 2.45. The molecule has 0 amide bonds. The molecule has 4 heteroatoms. The van der Waals surface area contributed by atoms with Crippen molar-refractivity contribution in [2.45, 2.75) is 24.7 Å². The van der Waals surface area contributed by atoms with Gasteiger partial charge in [-0.3, -0.25) is 0 Å². The fraction of sp³-hybridized carbons (Fsp3) is 0.500. The van der Waals surface area contributed by atoms with Crippen molar-refractivity contribution in [3.05, 3.63) is 13.6 Å². The smallest absolute Gasteiger partial charge is 0.0846 e. The third kappa shape index (κ3) is 3.40. The van der Waals surface area contributed by atoms with Crippen molar-refractivity contribution in [1.82, 2.24) is 0 Å². The van der Waals surface area contributed by atoms with Crippen LogP contribution in [0, 0.1) is 0 Å². The van der Waals surface area contributed by atoms with Crippen LogP contribution in [-0.4, -0.2) is 5.75 Å². The molecule has 0 aliphatic rings. The van der Waals surface area contributed by atoms with Gasteiger partial charge in [-0.15, -0.1) is 23.1 Å². The van der Waals surface area contributed by atoms with Crippen molar-refractivity contribution in [1.29, 1.82) is 0 Å². The van der Waals surface area contributed by atoms with E-state index in [1.807, 2.05) is 11.8 Å². The summed E-state index contributed by atoms with van der Waals surface area (Å²) in [6.07, 6.45) is 2.57. The van der Waals surface area contributed by atoms with Gasteiger partial charge in [0, 0.05) is 4.90 Å². The Morgan fingerprint density at radius 2 is 2.25 bits per heavy atom. The fourth-order valence-electron chi connectivity index (χ4n) is 0.750. The normalized spacial score (nSPS) is 10.6. The molecule has 1 aromatic rings. The van der Waals surface area contributed by atoms with Gasteiger partial charge in [0.1, 0.15) is 0 Å². The lowest BCUT2D eigenvalue weighted by Gasteiger charge is -1.96. The van der Waals surface area contributed by atoms with Gasteiger partial charge < -0.3 is 0 Å². The summed E-state index contributed by atoms with van der Waals surface area (Å²) in [7, 11) is 0. The first-order chi connectivity index (χ1) is 5.74. The van der Waals surface area contributed by atoms with Crippen LogP contribution in [0.4, 0.5) is 0 Å². The van der Waals surface area contributed by atoms with Gasteiger partial charge in [0.25, 0.3) is 0 Å². The Morgan fingerprint density at radius 3 is 2.75 bits per heavy atom. The second kappa shape index (κ2) is 5.68. The number of hydrogen-bond acceptors (Lipinski definition) is 2. The summed E-state index contributed by atoms with van der Waals surface area (Å²) in [6, 6.07) is 2.18. The predicted octanol–water partition coefficient (Wildman–Crippen LogP) is 5.17. The van der Waals surface area contributed by atoms with Crippen molar-refractivity contribution in [3.63, 3.8) is 0 Å². The summed E-state index contributed by atoms with van der Waals surface area (Å²) >= 11 is 10.7. The van der Waals surface area contributed by atoms with Gasteiger partial charge in [-0.2, -0.15) is 0 Å². The molecule has 0 saturated heterocycles. The molecule has 0 spiro atoms. The van der Waals surface area contributed by atoms with Crippen LogP contribution in [0.3, 0.4) is 0 Å². The number of halogens is 2. The molecule has 0 aliphatic carbocycles. The summed E-state index contributed by atoms with van der Waals surface area (Å²) in [5, 5.41) is 0. The highest BCUT2D eigenvalue weighted by Crippen LogP contribution is 2.38. The second-order valence-corrected chi connectivity index (χ2v) is 7.28. The van der Waals surface area contributed by atoms with Crippen molar-refractivity contribution >= 4 is 55.0 Å². The number of hydrogen-bond donors (Lipinski definition) is 0. The summed E-state index contributed by atoms with van der Waals surface area (Å²) < 4.78 is 2.45. The molecule has 0 nitrogen and oxygen atoms in total. The third-order valence-corrected chi connectivity index (χ3v) is 5.24. The van der Waals surface area contributed by atoms with Crippen molar-refractivity contribution in [3.8, 4) is 0 Å². The van der Waals surface area contributed by atoms with E-state index in [0.717, 1.165) is 0 Å². The minimum absolute atomic E-state index is 1.20. The molecular weight excluding hydrogens is 320 g/mol. The van der Waals surface area contributed by atoms with Crippen LogP contribution in [0.1, 0.15) is 19.8 Å². The topological polar surface area (TPSA) is 0 Å². The lowest BCUT2D eigenvalue weighted by Crippen LogP contribution is -1.75. The van der Waals surface area contributed by atoms with Gasteiger partial charge in [0.15, 0.2) is 0 Å². The minimum Gasteiger partial charge on any atom is -0.124 e. The molecule has 0 fully saturated rings. The number of rotatable bonds is 4. The maximum atomic E-state index is 3.54.